The van der Waals surface area contributed by atoms with Crippen LogP contribution in [0.2, 0.25) is 0 Å². The zero-order valence-electron chi connectivity index (χ0n) is 17.3. The van der Waals surface area contributed by atoms with Gasteiger partial charge in [0.05, 0.1) is 17.0 Å². The molecule has 0 saturated carbocycles. The van der Waals surface area contributed by atoms with Crippen molar-refractivity contribution < 1.29 is 9.53 Å². The molecule has 0 unspecified atom stereocenters. The number of nitrogens with one attached hydrogen (secondary N) is 1. The van der Waals surface area contributed by atoms with E-state index < -0.39 is 0 Å². The highest BCUT2D eigenvalue weighted by molar-refractivity contribution is 7.14. The molecule has 7 nitrogen and oxygen atoms in total. The number of anilines is 2. The van der Waals surface area contributed by atoms with E-state index in [1.54, 1.807) is 18.2 Å². The Hall–Kier alpha value is -3.65. The molecular weight excluding hydrogens is 410 g/mol. The van der Waals surface area contributed by atoms with E-state index in [2.05, 4.69) is 15.4 Å². The third-order valence-electron chi connectivity index (χ3n) is 4.70. The molecule has 0 aliphatic carbocycles. The zero-order valence-corrected chi connectivity index (χ0v) is 18.1. The van der Waals surface area contributed by atoms with E-state index in [9.17, 15) is 4.79 Å². The maximum atomic E-state index is 12.8. The number of hydrogen-bond donors (Lipinski definition) is 2. The molecule has 0 aliphatic rings. The molecule has 8 heteroatoms. The fourth-order valence-electron chi connectivity index (χ4n) is 3.19. The Morgan fingerprint density at radius 2 is 1.94 bits per heavy atom. The summed E-state index contributed by atoms with van der Waals surface area (Å²) in [5, 5.41) is 9.77. The second kappa shape index (κ2) is 9.01. The van der Waals surface area contributed by atoms with Gasteiger partial charge in [0.15, 0.2) is 5.13 Å². The van der Waals surface area contributed by atoms with Gasteiger partial charge in [-0.3, -0.25) is 14.8 Å². The number of aryl methyl sites for hydroxylation is 4. The van der Waals surface area contributed by atoms with Crippen molar-refractivity contribution in [2.45, 2.75) is 26.8 Å². The van der Waals surface area contributed by atoms with Crippen LogP contribution in [-0.4, -0.2) is 20.7 Å². The van der Waals surface area contributed by atoms with Crippen LogP contribution >= 0.6 is 11.3 Å². The number of rotatable bonds is 7. The Balaban J connectivity index is 1.41. The summed E-state index contributed by atoms with van der Waals surface area (Å²) in [6.07, 6.45) is 0.733. The second-order valence-corrected chi connectivity index (χ2v) is 8.02. The minimum Gasteiger partial charge on any atom is -0.457 e. The molecule has 31 heavy (non-hydrogen) atoms. The van der Waals surface area contributed by atoms with Gasteiger partial charge in [0.1, 0.15) is 11.5 Å². The number of nitrogens with two attached hydrogens (primary N) is 1. The first-order chi connectivity index (χ1) is 15.0. The maximum Gasteiger partial charge on any atom is 0.259 e. The van der Waals surface area contributed by atoms with E-state index in [0.29, 0.717) is 27.9 Å². The lowest BCUT2D eigenvalue weighted by Gasteiger charge is -2.10. The third kappa shape index (κ3) is 5.10. The van der Waals surface area contributed by atoms with E-state index in [-0.39, 0.29) is 5.91 Å². The van der Waals surface area contributed by atoms with E-state index in [0.717, 1.165) is 30.0 Å². The summed E-state index contributed by atoms with van der Waals surface area (Å²) < 4.78 is 7.77. The predicted octanol–water partition coefficient (Wildman–Crippen LogP) is 4.83. The molecule has 0 radical (unpaired) electrons. The van der Waals surface area contributed by atoms with Crippen LogP contribution in [-0.2, 0) is 13.0 Å². The smallest absolute Gasteiger partial charge is 0.259 e. The van der Waals surface area contributed by atoms with Gasteiger partial charge in [-0.1, -0.05) is 18.2 Å². The Morgan fingerprint density at radius 1 is 1.13 bits per heavy atom. The summed E-state index contributed by atoms with van der Waals surface area (Å²) in [6.45, 7) is 4.75. The van der Waals surface area contributed by atoms with Crippen molar-refractivity contribution in [2.24, 2.45) is 0 Å². The minimum absolute atomic E-state index is 0.324. The summed E-state index contributed by atoms with van der Waals surface area (Å²) in [5.74, 6) is 0.900. The number of ether oxygens (including phenoxy) is 1. The number of aromatic nitrogens is 3. The van der Waals surface area contributed by atoms with Crippen molar-refractivity contribution in [1.82, 2.24) is 14.8 Å². The minimum atomic E-state index is -0.324. The number of para-hydroxylation sites is 1. The lowest BCUT2D eigenvalue weighted by molar-refractivity contribution is 0.102. The number of hydrogen-bond acceptors (Lipinski definition) is 6. The lowest BCUT2D eigenvalue weighted by atomic mass is 10.1. The van der Waals surface area contributed by atoms with Crippen molar-refractivity contribution in [1.29, 1.82) is 0 Å². The number of amides is 1. The summed E-state index contributed by atoms with van der Waals surface area (Å²) in [7, 11) is 0. The molecular formula is C23H23N5O2S. The van der Waals surface area contributed by atoms with Crippen LogP contribution in [0.3, 0.4) is 0 Å². The van der Waals surface area contributed by atoms with Gasteiger partial charge in [0, 0.05) is 29.7 Å². The fourth-order valence-corrected chi connectivity index (χ4v) is 3.93. The molecule has 0 aliphatic heterocycles. The average molecular weight is 434 g/mol. The Morgan fingerprint density at radius 3 is 2.68 bits per heavy atom. The molecule has 4 rings (SSSR count). The molecule has 158 valence electrons. The number of carbonyl (C=O) groups is 1. The molecule has 0 atom stereocenters. The van der Waals surface area contributed by atoms with Gasteiger partial charge in [-0.15, -0.1) is 11.3 Å². The quantitative estimate of drug-likeness (QED) is 0.407. The fraction of sp³-hybridized carbons (Fsp3) is 0.174. The Kier molecular flexibility index (Phi) is 5.99. The van der Waals surface area contributed by atoms with E-state index in [4.69, 9.17) is 10.5 Å². The summed E-state index contributed by atoms with van der Waals surface area (Å²) in [6, 6.07) is 16.5. The van der Waals surface area contributed by atoms with Crippen molar-refractivity contribution in [3.63, 3.8) is 0 Å². The second-order valence-electron chi connectivity index (χ2n) is 7.16. The SMILES string of the molecule is Cc1cc(C)n(CCc2csc(NC(=O)c3cc(Oc4ccccc4)ccc3N)n2)n1. The first-order valence-electron chi connectivity index (χ1n) is 9.87. The van der Waals surface area contributed by atoms with Crippen molar-refractivity contribution in [3.8, 4) is 11.5 Å². The van der Waals surface area contributed by atoms with Gasteiger partial charge in [-0.25, -0.2) is 4.98 Å². The van der Waals surface area contributed by atoms with Crippen LogP contribution in [0.1, 0.15) is 27.4 Å². The van der Waals surface area contributed by atoms with Gasteiger partial charge in [0.25, 0.3) is 5.91 Å². The van der Waals surface area contributed by atoms with Gasteiger partial charge in [-0.05, 0) is 50.2 Å². The van der Waals surface area contributed by atoms with Crippen LogP contribution in [0.4, 0.5) is 10.8 Å². The highest BCUT2D eigenvalue weighted by Gasteiger charge is 2.14. The summed E-state index contributed by atoms with van der Waals surface area (Å²) in [5.41, 5.74) is 9.77. The topological polar surface area (TPSA) is 95.1 Å². The Labute approximate surface area is 184 Å². The third-order valence-corrected chi connectivity index (χ3v) is 5.51. The van der Waals surface area contributed by atoms with Gasteiger partial charge in [-0.2, -0.15) is 5.10 Å². The number of carbonyl (C=O) groups excluding carboxylic acids is 1. The van der Waals surface area contributed by atoms with Gasteiger partial charge < -0.3 is 10.5 Å². The number of nitrogens with zero attached hydrogens (tertiary/aromatic N) is 3. The highest BCUT2D eigenvalue weighted by Crippen LogP contribution is 2.26. The van der Waals surface area contributed by atoms with Crippen molar-refractivity contribution in [2.75, 3.05) is 11.1 Å². The molecule has 1 amide bonds. The molecule has 0 saturated heterocycles. The van der Waals surface area contributed by atoms with Crippen LogP contribution in [0, 0.1) is 13.8 Å². The Bertz CT molecular complexity index is 1200. The number of benzene rings is 2. The molecule has 3 N–H and O–H groups in total. The van der Waals surface area contributed by atoms with Crippen LogP contribution < -0.4 is 15.8 Å². The lowest BCUT2D eigenvalue weighted by Crippen LogP contribution is -2.14. The average Bonchev–Trinajstić information content (AvgIpc) is 3.33. The molecule has 0 fully saturated rings. The molecule has 2 aromatic heterocycles. The standard InChI is InChI=1S/C23H23N5O2S/c1-15-12-16(2)28(27-15)11-10-17-14-31-23(25-17)26-22(29)20-13-19(8-9-21(20)24)30-18-6-4-3-5-7-18/h3-9,12-14H,10-11,24H2,1-2H3,(H,25,26,29). The maximum absolute atomic E-state index is 12.8. The normalized spacial score (nSPS) is 10.8. The molecule has 0 bridgehead atoms. The van der Waals surface area contributed by atoms with Crippen LogP contribution in [0.25, 0.3) is 0 Å². The molecule has 4 aromatic rings. The van der Waals surface area contributed by atoms with E-state index in [1.807, 2.05) is 60.3 Å². The van der Waals surface area contributed by atoms with Crippen molar-refractivity contribution >= 4 is 28.1 Å². The largest absolute Gasteiger partial charge is 0.457 e. The van der Waals surface area contributed by atoms with Crippen LogP contribution in [0.5, 0.6) is 11.5 Å². The highest BCUT2D eigenvalue weighted by atomic mass is 32.1. The number of nitrogen functional groups attached to an aromatic ring is 1. The summed E-state index contributed by atoms with van der Waals surface area (Å²) >= 11 is 1.38. The number of thiazole rings is 1. The zero-order chi connectivity index (χ0) is 21.8. The monoisotopic (exact) mass is 433 g/mol. The first-order valence-corrected chi connectivity index (χ1v) is 10.7. The van der Waals surface area contributed by atoms with Crippen molar-refractivity contribution in [3.05, 3.63) is 82.6 Å². The van der Waals surface area contributed by atoms with Crippen LogP contribution in [0.15, 0.2) is 60.0 Å². The van der Waals surface area contributed by atoms with E-state index in [1.165, 1.54) is 11.3 Å². The van der Waals surface area contributed by atoms with E-state index >= 15 is 0 Å². The van der Waals surface area contributed by atoms with Gasteiger partial charge >= 0.3 is 0 Å². The molecule has 0 spiro atoms. The molecule has 2 aromatic carbocycles. The molecule has 2 heterocycles. The van der Waals surface area contributed by atoms with Gasteiger partial charge in [0.2, 0.25) is 0 Å². The predicted molar refractivity (Wildman–Crippen MR) is 123 cm³/mol. The summed E-state index contributed by atoms with van der Waals surface area (Å²) in [4.78, 5) is 17.3. The first kappa shape index (κ1) is 20.6.